The van der Waals surface area contributed by atoms with Crippen molar-refractivity contribution in [3.05, 3.63) is 47.7 Å². The number of rotatable bonds is 4. The number of benzene rings is 1. The average molecular weight is 360 g/mol. The number of thiocarbonyl (C=S) groups is 1. The molecule has 0 unspecified atom stereocenters. The summed E-state index contributed by atoms with van der Waals surface area (Å²) in [4.78, 5) is 23.0. The molecule has 1 aliphatic rings. The number of thioether (sulfide) groups is 1. The summed E-state index contributed by atoms with van der Waals surface area (Å²) in [7, 11) is 1.34. The maximum absolute atomic E-state index is 11.6. The smallest absolute Gasteiger partial charge is 0.337 e. The summed E-state index contributed by atoms with van der Waals surface area (Å²) in [5.74, 6) is 0.892. The first kappa shape index (κ1) is 16.4. The first-order valence-electron chi connectivity index (χ1n) is 6.91. The normalized spacial score (nSPS) is 14.6. The number of methoxy groups -OCH3 is 1. The average Bonchev–Trinajstić information content (AvgIpc) is 3.20. The molecule has 0 radical (unpaired) electrons. The third kappa shape index (κ3) is 3.39. The van der Waals surface area contributed by atoms with Crippen LogP contribution in [0, 0.1) is 0 Å². The van der Waals surface area contributed by atoms with E-state index in [1.54, 1.807) is 36.4 Å². The number of carbonyl (C=O) groups excluding carboxylic acids is 2. The Labute approximate surface area is 147 Å². The molecule has 3 rings (SSSR count). The zero-order chi connectivity index (χ0) is 17.1. The van der Waals surface area contributed by atoms with Gasteiger partial charge in [0.2, 0.25) is 0 Å². The molecule has 24 heavy (non-hydrogen) atoms. The lowest BCUT2D eigenvalue weighted by Crippen LogP contribution is -2.22. The van der Waals surface area contributed by atoms with Gasteiger partial charge in [-0.1, -0.05) is 36.1 Å². The number of carbonyl (C=O) groups is 2. The molecule has 1 saturated heterocycles. The zero-order valence-electron chi connectivity index (χ0n) is 12.6. The van der Waals surface area contributed by atoms with Crippen molar-refractivity contribution in [2.75, 3.05) is 12.9 Å². The van der Waals surface area contributed by atoms with E-state index in [1.807, 2.05) is 0 Å². The van der Waals surface area contributed by atoms with Gasteiger partial charge in [0.05, 0.1) is 24.6 Å². The van der Waals surface area contributed by atoms with E-state index in [0.29, 0.717) is 27.2 Å². The molecule has 8 heteroatoms. The Morgan fingerprint density at radius 1 is 1.33 bits per heavy atom. The summed E-state index contributed by atoms with van der Waals surface area (Å²) < 4.78 is 10.8. The molecule has 2 heterocycles. The van der Waals surface area contributed by atoms with Gasteiger partial charge in [0.1, 0.15) is 11.5 Å². The monoisotopic (exact) mass is 360 g/mol. The Hall–Kier alpha value is -2.45. The molecular weight excluding hydrogens is 348 g/mol. The molecule has 1 fully saturated rings. The van der Waals surface area contributed by atoms with Gasteiger partial charge in [-0.3, -0.25) is 4.79 Å². The first-order chi connectivity index (χ1) is 11.6. The highest BCUT2D eigenvalue weighted by Crippen LogP contribution is 2.23. The number of amides is 1. The Balaban J connectivity index is 1.74. The Morgan fingerprint density at radius 3 is 2.71 bits per heavy atom. The fourth-order valence-electron chi connectivity index (χ4n) is 2.04. The molecule has 1 aliphatic heterocycles. The number of hydrogen-bond donors (Lipinski definition) is 0. The lowest BCUT2D eigenvalue weighted by atomic mass is 10.1. The van der Waals surface area contributed by atoms with Crippen LogP contribution in [0.4, 0.5) is 0 Å². The van der Waals surface area contributed by atoms with E-state index in [0.717, 1.165) is 5.56 Å². The van der Waals surface area contributed by atoms with Gasteiger partial charge < -0.3 is 9.15 Å². The topological polar surface area (TPSA) is 72.1 Å². The molecule has 1 aromatic carbocycles. The standard InChI is InChI=1S/C16H12N2O4S2/c1-21-15(20)11-4-2-10(3-5-11)13-7-6-12(22-13)8-17-18-14(19)9-24-16(18)23/h2-8H,9H2,1H3/b17-8+. The molecule has 1 amide bonds. The molecule has 0 N–H and O–H groups in total. The van der Waals surface area contributed by atoms with E-state index in [2.05, 4.69) is 9.84 Å². The van der Waals surface area contributed by atoms with Gasteiger partial charge in [0, 0.05) is 5.56 Å². The van der Waals surface area contributed by atoms with E-state index in [9.17, 15) is 9.59 Å². The van der Waals surface area contributed by atoms with E-state index in [1.165, 1.54) is 30.1 Å². The SMILES string of the molecule is COC(=O)c1ccc(-c2ccc(/C=N/N3C(=O)CSC3=S)o2)cc1. The minimum atomic E-state index is -0.391. The van der Waals surface area contributed by atoms with Crippen LogP contribution in [0.25, 0.3) is 11.3 Å². The number of hydrogen-bond acceptors (Lipinski definition) is 7. The van der Waals surface area contributed by atoms with Crippen LogP contribution < -0.4 is 0 Å². The van der Waals surface area contributed by atoms with Gasteiger partial charge in [0.15, 0.2) is 4.32 Å². The van der Waals surface area contributed by atoms with Crippen LogP contribution in [-0.2, 0) is 9.53 Å². The minimum absolute atomic E-state index is 0.147. The summed E-state index contributed by atoms with van der Waals surface area (Å²) in [5.41, 5.74) is 1.28. The minimum Gasteiger partial charge on any atom is -0.465 e. The Bertz CT molecular complexity index is 811. The van der Waals surface area contributed by atoms with Gasteiger partial charge in [-0.15, -0.1) is 0 Å². The molecule has 0 atom stereocenters. The number of hydrazone groups is 1. The van der Waals surface area contributed by atoms with Crippen molar-refractivity contribution in [2.24, 2.45) is 5.10 Å². The number of esters is 1. The number of furan rings is 1. The van der Waals surface area contributed by atoms with Gasteiger partial charge in [-0.25, -0.2) is 4.79 Å². The lowest BCUT2D eigenvalue weighted by Gasteiger charge is -2.05. The Morgan fingerprint density at radius 2 is 2.08 bits per heavy atom. The van der Waals surface area contributed by atoms with Crippen molar-refractivity contribution in [1.29, 1.82) is 0 Å². The molecule has 0 saturated carbocycles. The first-order valence-corrected chi connectivity index (χ1v) is 8.30. The van der Waals surface area contributed by atoms with E-state index in [4.69, 9.17) is 16.6 Å². The number of nitrogens with zero attached hydrogens (tertiary/aromatic N) is 2. The maximum Gasteiger partial charge on any atom is 0.337 e. The van der Waals surface area contributed by atoms with Crippen molar-refractivity contribution in [3.8, 4) is 11.3 Å². The fourth-order valence-corrected chi connectivity index (χ4v) is 3.01. The lowest BCUT2D eigenvalue weighted by molar-refractivity contribution is -0.124. The molecular formula is C16H12N2O4S2. The summed E-state index contributed by atoms with van der Waals surface area (Å²) in [5, 5.41) is 5.24. The quantitative estimate of drug-likeness (QED) is 0.474. The second-order valence-corrected chi connectivity index (χ2v) is 6.38. The van der Waals surface area contributed by atoms with Crippen molar-refractivity contribution >= 4 is 46.4 Å². The summed E-state index contributed by atoms with van der Waals surface area (Å²) >= 11 is 6.33. The van der Waals surface area contributed by atoms with Crippen molar-refractivity contribution in [1.82, 2.24) is 5.01 Å². The third-order valence-corrected chi connectivity index (χ3v) is 4.58. The van der Waals surface area contributed by atoms with E-state index < -0.39 is 5.97 Å². The van der Waals surface area contributed by atoms with Gasteiger partial charge in [-0.2, -0.15) is 10.1 Å². The van der Waals surface area contributed by atoms with Crippen molar-refractivity contribution in [3.63, 3.8) is 0 Å². The van der Waals surface area contributed by atoms with Crippen LogP contribution in [-0.4, -0.2) is 40.3 Å². The summed E-state index contributed by atoms with van der Waals surface area (Å²) in [6, 6.07) is 10.4. The molecule has 122 valence electrons. The van der Waals surface area contributed by atoms with Crippen LogP contribution in [0.3, 0.4) is 0 Å². The predicted octanol–water partition coefficient (Wildman–Crippen LogP) is 2.93. The highest BCUT2D eigenvalue weighted by atomic mass is 32.2. The van der Waals surface area contributed by atoms with E-state index >= 15 is 0 Å². The third-order valence-electron chi connectivity index (χ3n) is 3.25. The maximum atomic E-state index is 11.6. The van der Waals surface area contributed by atoms with Gasteiger partial charge >= 0.3 is 5.97 Å². The van der Waals surface area contributed by atoms with Crippen LogP contribution >= 0.6 is 24.0 Å². The molecule has 1 aromatic heterocycles. The molecule has 0 aliphatic carbocycles. The van der Waals surface area contributed by atoms with Crippen LogP contribution in [0.15, 0.2) is 45.9 Å². The van der Waals surface area contributed by atoms with Gasteiger partial charge in [0.25, 0.3) is 5.91 Å². The Kier molecular flexibility index (Phi) is 4.77. The molecule has 2 aromatic rings. The number of ether oxygens (including phenoxy) is 1. The van der Waals surface area contributed by atoms with Crippen molar-refractivity contribution < 1.29 is 18.7 Å². The highest BCUT2D eigenvalue weighted by molar-refractivity contribution is 8.23. The van der Waals surface area contributed by atoms with E-state index in [-0.39, 0.29) is 5.91 Å². The second-order valence-electron chi connectivity index (χ2n) is 4.78. The fraction of sp³-hybridized carbons (Fsp3) is 0.125. The van der Waals surface area contributed by atoms with Crippen LogP contribution in [0.2, 0.25) is 0 Å². The second kappa shape index (κ2) is 6.98. The predicted molar refractivity (Wildman–Crippen MR) is 95.0 cm³/mol. The largest absolute Gasteiger partial charge is 0.465 e. The molecule has 0 bridgehead atoms. The van der Waals surface area contributed by atoms with Crippen LogP contribution in [0.1, 0.15) is 16.1 Å². The molecule has 0 spiro atoms. The summed E-state index contributed by atoms with van der Waals surface area (Å²) in [6.07, 6.45) is 1.45. The van der Waals surface area contributed by atoms with Gasteiger partial charge in [-0.05, 0) is 24.3 Å². The summed E-state index contributed by atoms with van der Waals surface area (Å²) in [6.45, 7) is 0. The highest BCUT2D eigenvalue weighted by Gasteiger charge is 2.26. The zero-order valence-corrected chi connectivity index (χ0v) is 14.2. The van der Waals surface area contributed by atoms with Crippen LogP contribution in [0.5, 0.6) is 0 Å². The molecule has 6 nitrogen and oxygen atoms in total. The van der Waals surface area contributed by atoms with Crippen molar-refractivity contribution in [2.45, 2.75) is 0 Å².